The number of carbonyl (C=O) groups is 1. The third-order valence-corrected chi connectivity index (χ3v) is 4.10. The van der Waals surface area contributed by atoms with Crippen LogP contribution in [0.2, 0.25) is 0 Å². The Labute approximate surface area is 108 Å². The van der Waals surface area contributed by atoms with Gasteiger partial charge in [0, 0.05) is 24.7 Å². The number of amides is 1. The second-order valence-electron chi connectivity index (χ2n) is 5.85. The van der Waals surface area contributed by atoms with Gasteiger partial charge in [-0.1, -0.05) is 26.3 Å². The molecule has 1 atom stereocenters. The molecule has 1 N–H and O–H groups in total. The van der Waals surface area contributed by atoms with Crippen molar-refractivity contribution in [2.45, 2.75) is 33.1 Å². The Kier molecular flexibility index (Phi) is 3.33. The van der Waals surface area contributed by atoms with Crippen molar-refractivity contribution in [3.8, 4) is 5.75 Å². The molecule has 1 fully saturated rings. The van der Waals surface area contributed by atoms with Gasteiger partial charge in [0.1, 0.15) is 5.75 Å². The third-order valence-electron chi connectivity index (χ3n) is 4.10. The Hall–Kier alpha value is -1.51. The summed E-state index contributed by atoms with van der Waals surface area (Å²) in [6.45, 7) is 4.33. The van der Waals surface area contributed by atoms with Crippen LogP contribution in [0.3, 0.4) is 0 Å². The molecule has 0 heterocycles. The van der Waals surface area contributed by atoms with Gasteiger partial charge in [-0.05, 0) is 30.4 Å². The fourth-order valence-electron chi connectivity index (χ4n) is 2.85. The van der Waals surface area contributed by atoms with Crippen LogP contribution in [0.1, 0.15) is 33.1 Å². The van der Waals surface area contributed by atoms with Crippen molar-refractivity contribution in [1.29, 1.82) is 0 Å². The predicted molar refractivity (Wildman–Crippen MR) is 72.6 cm³/mol. The average Bonchev–Trinajstić information content (AvgIpc) is 2.67. The number of hydrogen-bond acceptors (Lipinski definition) is 2. The number of carbonyl (C=O) groups excluding carboxylic acids is 1. The Morgan fingerprint density at radius 2 is 2.17 bits per heavy atom. The highest BCUT2D eigenvalue weighted by atomic mass is 16.3. The van der Waals surface area contributed by atoms with Crippen molar-refractivity contribution in [2.24, 2.45) is 11.3 Å². The van der Waals surface area contributed by atoms with Gasteiger partial charge in [0.2, 0.25) is 5.91 Å². The van der Waals surface area contributed by atoms with Crippen LogP contribution in [-0.4, -0.2) is 18.1 Å². The number of phenolic OH excluding ortho intramolecular Hbond substituents is 1. The number of phenols is 1. The third kappa shape index (κ3) is 2.35. The zero-order valence-corrected chi connectivity index (χ0v) is 11.3. The van der Waals surface area contributed by atoms with Gasteiger partial charge in [-0.15, -0.1) is 0 Å². The van der Waals surface area contributed by atoms with Gasteiger partial charge in [-0.25, -0.2) is 0 Å². The number of anilines is 1. The number of nitrogens with zero attached hydrogens (tertiary/aromatic N) is 1. The number of aromatic hydroxyl groups is 1. The zero-order chi connectivity index (χ0) is 13.3. The summed E-state index contributed by atoms with van der Waals surface area (Å²) < 4.78 is 0. The number of rotatable bonds is 2. The van der Waals surface area contributed by atoms with Crippen LogP contribution in [0, 0.1) is 11.3 Å². The SMILES string of the molecule is CN(C(=O)C1CCCC1(C)C)c1cccc(O)c1. The molecule has 1 aliphatic carbocycles. The molecule has 0 bridgehead atoms. The molecule has 1 unspecified atom stereocenters. The lowest BCUT2D eigenvalue weighted by Crippen LogP contribution is -2.37. The fraction of sp³-hybridized carbons (Fsp3) is 0.533. The normalized spacial score (nSPS) is 21.8. The van der Waals surface area contributed by atoms with Crippen molar-refractivity contribution >= 4 is 11.6 Å². The van der Waals surface area contributed by atoms with E-state index in [9.17, 15) is 9.90 Å². The minimum absolute atomic E-state index is 0.0855. The smallest absolute Gasteiger partial charge is 0.230 e. The van der Waals surface area contributed by atoms with E-state index < -0.39 is 0 Å². The summed E-state index contributed by atoms with van der Waals surface area (Å²) in [7, 11) is 1.78. The second kappa shape index (κ2) is 4.63. The summed E-state index contributed by atoms with van der Waals surface area (Å²) in [4.78, 5) is 14.2. The van der Waals surface area contributed by atoms with Crippen LogP contribution in [-0.2, 0) is 4.79 Å². The van der Waals surface area contributed by atoms with Crippen LogP contribution < -0.4 is 4.90 Å². The van der Waals surface area contributed by atoms with Crippen molar-refractivity contribution in [1.82, 2.24) is 0 Å². The largest absolute Gasteiger partial charge is 0.508 e. The summed E-state index contributed by atoms with van der Waals surface area (Å²) in [5.74, 6) is 0.436. The molecule has 1 amide bonds. The molecule has 1 saturated carbocycles. The molecule has 18 heavy (non-hydrogen) atoms. The van der Waals surface area contributed by atoms with Crippen LogP contribution in [0.5, 0.6) is 5.75 Å². The van der Waals surface area contributed by atoms with Gasteiger partial charge in [-0.2, -0.15) is 0 Å². The Morgan fingerprint density at radius 3 is 2.72 bits per heavy atom. The van der Waals surface area contributed by atoms with Crippen LogP contribution in [0.25, 0.3) is 0 Å². The van der Waals surface area contributed by atoms with Gasteiger partial charge in [0.25, 0.3) is 0 Å². The Balaban J connectivity index is 2.19. The zero-order valence-electron chi connectivity index (χ0n) is 11.3. The summed E-state index contributed by atoms with van der Waals surface area (Å²) in [6.07, 6.45) is 3.20. The van der Waals surface area contributed by atoms with E-state index in [1.54, 1.807) is 30.1 Å². The van der Waals surface area contributed by atoms with Gasteiger partial charge in [0.05, 0.1) is 0 Å². The first kappa shape index (κ1) is 12.9. The molecule has 1 aromatic carbocycles. The maximum absolute atomic E-state index is 12.5. The minimum atomic E-state index is 0.0855. The molecular formula is C15H21NO2. The highest BCUT2D eigenvalue weighted by molar-refractivity contribution is 5.95. The number of hydrogen-bond donors (Lipinski definition) is 1. The first-order valence-electron chi connectivity index (χ1n) is 6.48. The monoisotopic (exact) mass is 247 g/mol. The molecule has 0 aliphatic heterocycles. The summed E-state index contributed by atoms with van der Waals surface area (Å²) in [5.41, 5.74) is 0.838. The van der Waals surface area contributed by atoms with Crippen molar-refractivity contribution in [2.75, 3.05) is 11.9 Å². The van der Waals surface area contributed by atoms with E-state index in [1.807, 2.05) is 6.07 Å². The number of benzene rings is 1. The quantitative estimate of drug-likeness (QED) is 0.872. The molecule has 3 heteroatoms. The van der Waals surface area contributed by atoms with E-state index in [0.29, 0.717) is 0 Å². The lowest BCUT2D eigenvalue weighted by molar-refractivity contribution is -0.124. The molecular weight excluding hydrogens is 226 g/mol. The molecule has 0 spiro atoms. The standard InChI is InChI=1S/C15H21NO2/c1-15(2)9-5-8-13(15)14(18)16(3)11-6-4-7-12(17)10-11/h4,6-7,10,13,17H,5,8-9H2,1-3H3. The molecule has 0 aromatic heterocycles. The molecule has 0 radical (unpaired) electrons. The van der Waals surface area contributed by atoms with E-state index >= 15 is 0 Å². The highest BCUT2D eigenvalue weighted by Gasteiger charge is 2.40. The molecule has 1 aliphatic rings. The molecule has 3 nitrogen and oxygen atoms in total. The molecule has 0 saturated heterocycles. The van der Waals surface area contributed by atoms with Crippen molar-refractivity contribution in [3.05, 3.63) is 24.3 Å². The maximum atomic E-state index is 12.5. The van der Waals surface area contributed by atoms with Gasteiger partial charge in [-0.3, -0.25) is 4.79 Å². The van der Waals surface area contributed by atoms with E-state index in [1.165, 1.54) is 0 Å². The van der Waals surface area contributed by atoms with Crippen LogP contribution in [0.15, 0.2) is 24.3 Å². The molecule has 1 aromatic rings. The van der Waals surface area contributed by atoms with Crippen LogP contribution in [0.4, 0.5) is 5.69 Å². The minimum Gasteiger partial charge on any atom is -0.508 e. The van der Waals surface area contributed by atoms with Gasteiger partial charge < -0.3 is 10.0 Å². The highest BCUT2D eigenvalue weighted by Crippen LogP contribution is 2.43. The Morgan fingerprint density at radius 1 is 1.44 bits per heavy atom. The fourth-order valence-corrected chi connectivity index (χ4v) is 2.85. The topological polar surface area (TPSA) is 40.5 Å². The van der Waals surface area contributed by atoms with Crippen molar-refractivity contribution < 1.29 is 9.90 Å². The van der Waals surface area contributed by atoms with Gasteiger partial charge in [0.15, 0.2) is 0 Å². The van der Waals surface area contributed by atoms with E-state index in [4.69, 9.17) is 0 Å². The van der Waals surface area contributed by atoms with E-state index in [0.717, 1.165) is 24.9 Å². The summed E-state index contributed by atoms with van der Waals surface area (Å²) in [5, 5.41) is 9.47. The average molecular weight is 247 g/mol. The lowest BCUT2D eigenvalue weighted by atomic mass is 9.81. The first-order valence-corrected chi connectivity index (χ1v) is 6.48. The summed E-state index contributed by atoms with van der Waals surface area (Å²) >= 11 is 0. The van der Waals surface area contributed by atoms with Crippen molar-refractivity contribution in [3.63, 3.8) is 0 Å². The van der Waals surface area contributed by atoms with Crippen LogP contribution >= 0.6 is 0 Å². The first-order chi connectivity index (χ1) is 8.42. The predicted octanol–water partition coefficient (Wildman–Crippen LogP) is 3.18. The molecule has 2 rings (SSSR count). The Bertz CT molecular complexity index is 454. The molecule has 98 valence electrons. The van der Waals surface area contributed by atoms with E-state index in [-0.39, 0.29) is 23.0 Å². The van der Waals surface area contributed by atoms with E-state index in [2.05, 4.69) is 13.8 Å². The summed E-state index contributed by atoms with van der Waals surface area (Å²) in [6, 6.07) is 6.84. The lowest BCUT2D eigenvalue weighted by Gasteiger charge is -2.30. The maximum Gasteiger partial charge on any atom is 0.230 e. The second-order valence-corrected chi connectivity index (χ2v) is 5.85. The van der Waals surface area contributed by atoms with Gasteiger partial charge >= 0.3 is 0 Å².